The molecule has 2 aromatic carbocycles. The number of nitriles is 1. The molecule has 3 rings (SSSR count). The summed E-state index contributed by atoms with van der Waals surface area (Å²) in [5.74, 6) is 0.765. The first kappa shape index (κ1) is 21.6. The zero-order valence-corrected chi connectivity index (χ0v) is 17.1. The van der Waals surface area contributed by atoms with E-state index in [-0.39, 0.29) is 28.6 Å². The smallest absolute Gasteiger partial charge is 0.270 e. The molecule has 0 fully saturated rings. The number of nitrogens with one attached hydrogen (secondary N) is 1. The van der Waals surface area contributed by atoms with Crippen LogP contribution in [0.1, 0.15) is 11.3 Å². The van der Waals surface area contributed by atoms with Crippen molar-refractivity contribution >= 4 is 29.3 Å². The molecule has 0 unspecified atom stereocenters. The highest BCUT2D eigenvalue weighted by molar-refractivity contribution is 6.33. The number of furan rings is 1. The maximum atomic E-state index is 12.4. The van der Waals surface area contributed by atoms with E-state index in [1.807, 2.05) is 18.2 Å². The highest BCUT2D eigenvalue weighted by atomic mass is 35.5. The van der Waals surface area contributed by atoms with Crippen molar-refractivity contribution in [1.29, 1.82) is 5.26 Å². The third kappa shape index (κ3) is 5.29. The van der Waals surface area contributed by atoms with Crippen LogP contribution in [0.2, 0.25) is 5.02 Å². The molecule has 1 N–H and O–H groups in total. The number of nitro groups is 1. The number of carbonyl (C=O) groups is 1. The van der Waals surface area contributed by atoms with E-state index in [0.717, 1.165) is 5.56 Å². The van der Waals surface area contributed by atoms with Crippen LogP contribution in [0.3, 0.4) is 0 Å². The van der Waals surface area contributed by atoms with Crippen LogP contribution in [0.15, 0.2) is 64.6 Å². The molecule has 0 aliphatic carbocycles. The highest BCUT2D eigenvalue weighted by Crippen LogP contribution is 2.32. The standard InChI is InChI=1S/C22H16ClN3O5/c1-30-17-5-2-14(3-6-17)13-25-22(27)15(12-24)10-18-7-9-21(31-18)19-8-4-16(26(28)29)11-20(19)23/h2-11H,13H2,1H3,(H,25,27). The van der Waals surface area contributed by atoms with Gasteiger partial charge in [0, 0.05) is 30.3 Å². The molecule has 9 heteroatoms. The maximum Gasteiger partial charge on any atom is 0.270 e. The van der Waals surface area contributed by atoms with Crippen LogP contribution in [0.5, 0.6) is 5.75 Å². The summed E-state index contributed by atoms with van der Waals surface area (Å²) in [6.07, 6.45) is 1.31. The van der Waals surface area contributed by atoms with Gasteiger partial charge in [0.2, 0.25) is 0 Å². The van der Waals surface area contributed by atoms with E-state index in [1.165, 1.54) is 24.3 Å². The molecule has 0 radical (unpaired) electrons. The fraction of sp³-hybridized carbons (Fsp3) is 0.0909. The Bertz CT molecular complexity index is 1190. The Morgan fingerprint density at radius 3 is 2.61 bits per heavy atom. The van der Waals surface area contributed by atoms with Gasteiger partial charge in [-0.1, -0.05) is 23.7 Å². The van der Waals surface area contributed by atoms with E-state index < -0.39 is 10.8 Å². The first-order valence-electron chi connectivity index (χ1n) is 8.98. The zero-order valence-electron chi connectivity index (χ0n) is 16.3. The molecule has 0 aliphatic heterocycles. The van der Waals surface area contributed by atoms with Gasteiger partial charge in [-0.05, 0) is 35.9 Å². The van der Waals surface area contributed by atoms with E-state index in [9.17, 15) is 20.2 Å². The Morgan fingerprint density at radius 2 is 2.00 bits per heavy atom. The van der Waals surface area contributed by atoms with Crippen molar-refractivity contribution in [2.24, 2.45) is 0 Å². The molecule has 0 bridgehead atoms. The number of nitrogens with zero attached hydrogens (tertiary/aromatic N) is 2. The second-order valence-corrected chi connectivity index (χ2v) is 6.73. The molecule has 1 amide bonds. The second-order valence-electron chi connectivity index (χ2n) is 6.32. The van der Waals surface area contributed by atoms with Crippen molar-refractivity contribution in [3.63, 3.8) is 0 Å². The fourth-order valence-corrected chi connectivity index (χ4v) is 2.97. The van der Waals surface area contributed by atoms with E-state index in [0.29, 0.717) is 17.1 Å². The van der Waals surface area contributed by atoms with Crippen molar-refractivity contribution in [2.75, 3.05) is 7.11 Å². The first-order valence-corrected chi connectivity index (χ1v) is 9.36. The molecular weight excluding hydrogens is 422 g/mol. The number of hydrogen-bond acceptors (Lipinski definition) is 6. The van der Waals surface area contributed by atoms with Gasteiger partial charge >= 0.3 is 0 Å². The van der Waals surface area contributed by atoms with Gasteiger partial charge in [0.1, 0.15) is 28.9 Å². The van der Waals surface area contributed by atoms with Gasteiger partial charge in [-0.2, -0.15) is 5.26 Å². The number of halogens is 1. The number of benzene rings is 2. The number of non-ortho nitro benzene ring substituents is 1. The Balaban J connectivity index is 1.72. The minimum atomic E-state index is -0.551. The van der Waals surface area contributed by atoms with Crippen molar-refractivity contribution in [3.05, 3.63) is 86.6 Å². The molecule has 0 spiro atoms. The highest BCUT2D eigenvalue weighted by Gasteiger charge is 2.15. The third-order valence-corrected chi connectivity index (χ3v) is 4.63. The van der Waals surface area contributed by atoms with Gasteiger partial charge in [0.15, 0.2) is 0 Å². The van der Waals surface area contributed by atoms with Crippen molar-refractivity contribution in [1.82, 2.24) is 5.32 Å². The summed E-state index contributed by atoms with van der Waals surface area (Å²) >= 11 is 6.12. The summed E-state index contributed by atoms with van der Waals surface area (Å²) in [5, 5.41) is 23.0. The van der Waals surface area contributed by atoms with Crippen LogP contribution in [0.25, 0.3) is 17.4 Å². The topological polar surface area (TPSA) is 118 Å². The molecule has 31 heavy (non-hydrogen) atoms. The van der Waals surface area contributed by atoms with Crippen molar-refractivity contribution < 1.29 is 18.9 Å². The van der Waals surface area contributed by atoms with Gasteiger partial charge in [-0.3, -0.25) is 14.9 Å². The Hall–Kier alpha value is -4.09. The largest absolute Gasteiger partial charge is 0.497 e. The number of nitro benzene ring substituents is 1. The van der Waals surface area contributed by atoms with Gasteiger partial charge < -0.3 is 14.5 Å². The summed E-state index contributed by atoms with van der Waals surface area (Å²) in [5.41, 5.74) is 1.03. The normalized spacial score (nSPS) is 10.9. The third-order valence-electron chi connectivity index (χ3n) is 4.32. The summed E-state index contributed by atoms with van der Waals surface area (Å²) < 4.78 is 10.7. The lowest BCUT2D eigenvalue weighted by atomic mass is 10.1. The predicted molar refractivity (Wildman–Crippen MR) is 114 cm³/mol. The van der Waals surface area contributed by atoms with Gasteiger partial charge in [-0.15, -0.1) is 0 Å². The fourth-order valence-electron chi connectivity index (χ4n) is 2.70. The Kier molecular flexibility index (Phi) is 6.70. The number of ether oxygens (including phenoxy) is 1. The quantitative estimate of drug-likeness (QED) is 0.247. The molecule has 0 saturated heterocycles. The molecule has 156 valence electrons. The minimum absolute atomic E-state index is 0.135. The summed E-state index contributed by atoms with van der Waals surface area (Å²) in [6, 6.07) is 16.2. The van der Waals surface area contributed by atoms with E-state index in [4.69, 9.17) is 20.8 Å². The SMILES string of the molecule is COc1ccc(CNC(=O)C(C#N)=Cc2ccc(-c3ccc([N+](=O)[O-])cc3Cl)o2)cc1. The zero-order chi connectivity index (χ0) is 22.4. The lowest BCUT2D eigenvalue weighted by molar-refractivity contribution is -0.384. The molecule has 1 aromatic heterocycles. The molecule has 0 atom stereocenters. The lowest BCUT2D eigenvalue weighted by Gasteiger charge is -2.05. The maximum absolute atomic E-state index is 12.4. The molecule has 0 aliphatic rings. The number of methoxy groups -OCH3 is 1. The lowest BCUT2D eigenvalue weighted by Crippen LogP contribution is -2.23. The van der Waals surface area contributed by atoms with Crippen LogP contribution in [-0.4, -0.2) is 17.9 Å². The summed E-state index contributed by atoms with van der Waals surface area (Å²) in [7, 11) is 1.57. The average molecular weight is 438 g/mol. The predicted octanol–water partition coefficient (Wildman–Crippen LogP) is 4.74. The van der Waals surface area contributed by atoms with Crippen LogP contribution in [0, 0.1) is 21.4 Å². The van der Waals surface area contributed by atoms with Crippen LogP contribution >= 0.6 is 11.6 Å². The molecule has 3 aromatic rings. The van der Waals surface area contributed by atoms with Crippen LogP contribution < -0.4 is 10.1 Å². The van der Waals surface area contributed by atoms with Gasteiger partial charge in [0.05, 0.1) is 17.1 Å². The Labute approximate surface area is 182 Å². The molecule has 1 heterocycles. The molecule has 0 saturated carbocycles. The number of rotatable bonds is 7. The van der Waals surface area contributed by atoms with Crippen LogP contribution in [0.4, 0.5) is 5.69 Å². The minimum Gasteiger partial charge on any atom is -0.497 e. The second kappa shape index (κ2) is 9.61. The summed E-state index contributed by atoms with van der Waals surface area (Å²) in [6.45, 7) is 0.240. The Morgan fingerprint density at radius 1 is 1.26 bits per heavy atom. The van der Waals surface area contributed by atoms with Gasteiger partial charge in [-0.25, -0.2) is 0 Å². The monoisotopic (exact) mass is 437 g/mol. The average Bonchev–Trinajstić information content (AvgIpc) is 3.24. The molecular formula is C22H16ClN3O5. The number of amides is 1. The van der Waals surface area contributed by atoms with Crippen molar-refractivity contribution in [3.8, 4) is 23.1 Å². The van der Waals surface area contributed by atoms with E-state index >= 15 is 0 Å². The van der Waals surface area contributed by atoms with E-state index in [2.05, 4.69) is 5.32 Å². The number of hydrogen-bond donors (Lipinski definition) is 1. The summed E-state index contributed by atoms with van der Waals surface area (Å²) in [4.78, 5) is 22.6. The van der Waals surface area contributed by atoms with Gasteiger partial charge in [0.25, 0.3) is 11.6 Å². The van der Waals surface area contributed by atoms with Crippen molar-refractivity contribution in [2.45, 2.75) is 6.54 Å². The first-order chi connectivity index (χ1) is 14.9. The van der Waals surface area contributed by atoms with Crippen LogP contribution in [-0.2, 0) is 11.3 Å². The van der Waals surface area contributed by atoms with E-state index in [1.54, 1.807) is 31.4 Å². The number of carbonyl (C=O) groups excluding carboxylic acids is 1. The molecule has 8 nitrogen and oxygen atoms in total.